The number of alkyl carbamates (subject to hydrolysis) is 1. The molecular formula is C24H39N3O5. The maximum absolute atomic E-state index is 12.7. The van der Waals surface area contributed by atoms with E-state index >= 15 is 0 Å². The number of unbranched alkanes of at least 4 members (excludes halogenated alkanes) is 1. The Hall–Kier alpha value is -2.61. The van der Waals surface area contributed by atoms with Crippen molar-refractivity contribution in [1.82, 2.24) is 16.0 Å². The van der Waals surface area contributed by atoms with E-state index in [0.717, 1.165) is 12.0 Å². The fourth-order valence-electron chi connectivity index (χ4n) is 2.92. The summed E-state index contributed by atoms with van der Waals surface area (Å²) in [5.74, 6) is -0.354. The van der Waals surface area contributed by atoms with Gasteiger partial charge in [0.05, 0.1) is 19.3 Å². The Balaban J connectivity index is 2.43. The van der Waals surface area contributed by atoms with Crippen molar-refractivity contribution in [2.45, 2.75) is 77.9 Å². The van der Waals surface area contributed by atoms with Crippen LogP contribution in [0.25, 0.3) is 0 Å². The molecule has 0 fully saturated rings. The van der Waals surface area contributed by atoms with Crippen molar-refractivity contribution in [2.75, 3.05) is 19.8 Å². The number of amides is 2. The molecule has 0 saturated carbocycles. The summed E-state index contributed by atoms with van der Waals surface area (Å²) in [4.78, 5) is 35.8. The Morgan fingerprint density at radius 1 is 1.00 bits per heavy atom. The average molecular weight is 450 g/mol. The number of rotatable bonds is 14. The van der Waals surface area contributed by atoms with Gasteiger partial charge in [0.2, 0.25) is 5.91 Å². The van der Waals surface area contributed by atoms with Gasteiger partial charge in [-0.25, -0.2) is 4.79 Å². The minimum Gasteiger partial charge on any atom is -0.466 e. The van der Waals surface area contributed by atoms with Crippen LogP contribution in [0.3, 0.4) is 0 Å². The van der Waals surface area contributed by atoms with Crippen LogP contribution < -0.4 is 16.0 Å². The fourth-order valence-corrected chi connectivity index (χ4v) is 2.92. The molecule has 180 valence electrons. The maximum atomic E-state index is 12.7. The quantitative estimate of drug-likeness (QED) is 0.297. The first-order valence-corrected chi connectivity index (χ1v) is 11.4. The van der Waals surface area contributed by atoms with Crippen LogP contribution in [0.4, 0.5) is 4.79 Å². The van der Waals surface area contributed by atoms with Crippen LogP contribution in [0.15, 0.2) is 30.3 Å². The number of hydrogen-bond acceptors (Lipinski definition) is 6. The molecule has 1 aromatic carbocycles. The molecule has 32 heavy (non-hydrogen) atoms. The Morgan fingerprint density at radius 2 is 1.72 bits per heavy atom. The zero-order valence-corrected chi connectivity index (χ0v) is 19.9. The molecule has 0 aliphatic carbocycles. The predicted octanol–water partition coefficient (Wildman–Crippen LogP) is 3.30. The molecule has 0 heterocycles. The van der Waals surface area contributed by atoms with Crippen molar-refractivity contribution in [3.05, 3.63) is 35.9 Å². The first-order valence-electron chi connectivity index (χ1n) is 11.4. The molecule has 8 nitrogen and oxygen atoms in total. The van der Waals surface area contributed by atoms with Crippen molar-refractivity contribution < 1.29 is 23.9 Å². The first kappa shape index (κ1) is 27.4. The van der Waals surface area contributed by atoms with E-state index in [4.69, 9.17) is 9.47 Å². The third-order valence-corrected chi connectivity index (χ3v) is 4.47. The smallest absolute Gasteiger partial charge is 0.407 e. The zero-order valence-electron chi connectivity index (χ0n) is 19.9. The Labute approximate surface area is 191 Å². The van der Waals surface area contributed by atoms with Crippen LogP contribution in [-0.4, -0.2) is 49.3 Å². The largest absolute Gasteiger partial charge is 0.466 e. The molecule has 0 radical (unpaired) electrons. The minimum atomic E-state index is -0.435. The van der Waals surface area contributed by atoms with Crippen LogP contribution in [0.5, 0.6) is 0 Å². The van der Waals surface area contributed by atoms with E-state index in [1.54, 1.807) is 6.92 Å². The maximum Gasteiger partial charge on any atom is 0.407 e. The van der Waals surface area contributed by atoms with E-state index in [1.807, 2.05) is 51.1 Å². The molecule has 0 aliphatic heterocycles. The van der Waals surface area contributed by atoms with Gasteiger partial charge in [0, 0.05) is 25.0 Å². The second kappa shape index (κ2) is 15.2. The second-order valence-electron chi connectivity index (χ2n) is 8.63. The fraction of sp³-hybridized carbons (Fsp3) is 0.625. The van der Waals surface area contributed by atoms with Gasteiger partial charge >= 0.3 is 12.1 Å². The normalized spacial score (nSPS) is 12.0. The van der Waals surface area contributed by atoms with Crippen LogP contribution in [0, 0.1) is 0 Å². The average Bonchev–Trinajstić information content (AvgIpc) is 2.72. The van der Waals surface area contributed by atoms with Crippen molar-refractivity contribution in [3.63, 3.8) is 0 Å². The van der Waals surface area contributed by atoms with E-state index < -0.39 is 6.09 Å². The summed E-state index contributed by atoms with van der Waals surface area (Å²) >= 11 is 0. The third kappa shape index (κ3) is 13.6. The Kier molecular flexibility index (Phi) is 13.1. The number of benzene rings is 1. The van der Waals surface area contributed by atoms with Gasteiger partial charge in [-0.2, -0.15) is 0 Å². The van der Waals surface area contributed by atoms with Crippen molar-refractivity contribution in [2.24, 2.45) is 0 Å². The SMILES string of the molecule is CCOC(=O)CCCNC(=O)C(CCCCOC(=O)NC(C)(C)C)NCc1ccccc1. The van der Waals surface area contributed by atoms with Crippen LogP contribution in [0.2, 0.25) is 0 Å². The van der Waals surface area contributed by atoms with Crippen molar-refractivity contribution in [1.29, 1.82) is 0 Å². The van der Waals surface area contributed by atoms with Crippen molar-refractivity contribution >= 4 is 18.0 Å². The number of carbonyl (C=O) groups is 3. The van der Waals surface area contributed by atoms with Gasteiger partial charge in [0.1, 0.15) is 0 Å². The van der Waals surface area contributed by atoms with Gasteiger partial charge in [-0.15, -0.1) is 0 Å². The van der Waals surface area contributed by atoms with Gasteiger partial charge in [-0.1, -0.05) is 30.3 Å². The number of nitrogens with one attached hydrogen (secondary N) is 3. The van der Waals surface area contributed by atoms with E-state index in [1.165, 1.54) is 0 Å². The van der Waals surface area contributed by atoms with E-state index in [0.29, 0.717) is 45.6 Å². The standard InChI is InChI=1S/C24H39N3O5/c1-5-31-21(28)15-11-16-25-22(29)20(26-18-19-12-7-6-8-13-19)14-9-10-17-32-23(30)27-24(2,3)4/h6-8,12-13,20,26H,5,9-11,14-18H2,1-4H3,(H,25,29)(H,27,30). The van der Waals surface area contributed by atoms with Crippen LogP contribution in [0.1, 0.15) is 65.4 Å². The first-order chi connectivity index (χ1) is 15.2. The molecule has 1 aromatic rings. The van der Waals surface area contributed by atoms with Gasteiger partial charge < -0.3 is 25.4 Å². The Bertz CT molecular complexity index is 689. The zero-order chi connectivity index (χ0) is 23.8. The molecule has 3 N–H and O–H groups in total. The summed E-state index contributed by atoms with van der Waals surface area (Å²) in [7, 11) is 0. The summed E-state index contributed by atoms with van der Waals surface area (Å²) in [6.07, 6.45) is 2.39. The molecule has 0 aromatic heterocycles. The van der Waals surface area contributed by atoms with E-state index in [-0.39, 0.29) is 29.9 Å². The highest BCUT2D eigenvalue weighted by atomic mass is 16.5. The molecule has 0 bridgehead atoms. The lowest BCUT2D eigenvalue weighted by molar-refractivity contribution is -0.143. The molecule has 0 saturated heterocycles. The summed E-state index contributed by atoms with van der Waals surface area (Å²) in [6, 6.07) is 9.50. The minimum absolute atomic E-state index is 0.101. The third-order valence-electron chi connectivity index (χ3n) is 4.47. The molecule has 0 aliphatic rings. The highest BCUT2D eigenvalue weighted by Gasteiger charge is 2.18. The lowest BCUT2D eigenvalue weighted by atomic mass is 10.1. The number of carbonyl (C=O) groups excluding carboxylic acids is 3. The summed E-state index contributed by atoms with van der Waals surface area (Å²) in [6.45, 7) is 9.09. The number of esters is 1. The highest BCUT2D eigenvalue weighted by molar-refractivity contribution is 5.81. The lowest BCUT2D eigenvalue weighted by Crippen LogP contribution is -2.44. The topological polar surface area (TPSA) is 106 Å². The molecule has 1 rings (SSSR count). The predicted molar refractivity (Wildman–Crippen MR) is 124 cm³/mol. The summed E-state index contributed by atoms with van der Waals surface area (Å²) in [5, 5.41) is 8.96. The van der Waals surface area contributed by atoms with Gasteiger partial charge in [-0.05, 0) is 58.9 Å². The lowest BCUT2D eigenvalue weighted by Gasteiger charge is -2.20. The summed E-state index contributed by atoms with van der Waals surface area (Å²) < 4.78 is 10.1. The Morgan fingerprint density at radius 3 is 2.38 bits per heavy atom. The highest BCUT2D eigenvalue weighted by Crippen LogP contribution is 2.06. The number of hydrogen-bond donors (Lipinski definition) is 3. The molecule has 0 spiro atoms. The van der Waals surface area contributed by atoms with Crippen LogP contribution >= 0.6 is 0 Å². The van der Waals surface area contributed by atoms with Gasteiger partial charge in [0.25, 0.3) is 0 Å². The molecule has 1 unspecified atom stereocenters. The van der Waals surface area contributed by atoms with E-state index in [2.05, 4.69) is 16.0 Å². The van der Waals surface area contributed by atoms with Crippen LogP contribution in [-0.2, 0) is 25.6 Å². The monoisotopic (exact) mass is 449 g/mol. The molecule has 8 heteroatoms. The number of ether oxygens (including phenoxy) is 2. The molecule has 2 amide bonds. The van der Waals surface area contributed by atoms with E-state index in [9.17, 15) is 14.4 Å². The van der Waals surface area contributed by atoms with Gasteiger partial charge in [-0.3, -0.25) is 9.59 Å². The second-order valence-corrected chi connectivity index (χ2v) is 8.63. The molecule has 1 atom stereocenters. The van der Waals surface area contributed by atoms with Gasteiger partial charge in [0.15, 0.2) is 0 Å². The molecular weight excluding hydrogens is 410 g/mol. The summed E-state index contributed by atoms with van der Waals surface area (Å²) in [5.41, 5.74) is 0.754. The van der Waals surface area contributed by atoms with Crippen molar-refractivity contribution in [3.8, 4) is 0 Å².